The van der Waals surface area contributed by atoms with E-state index in [9.17, 15) is 9.90 Å². The molecule has 2 rings (SSSR count). The molecular formula is C19H32N4O2. The predicted octanol–water partition coefficient (Wildman–Crippen LogP) is 0.872. The molecule has 1 aromatic rings. The van der Waals surface area contributed by atoms with E-state index in [1.807, 2.05) is 24.8 Å². The molecule has 0 aliphatic carbocycles. The zero-order chi connectivity index (χ0) is 18.6. The third-order valence-electron chi connectivity index (χ3n) is 5.16. The van der Waals surface area contributed by atoms with Crippen molar-refractivity contribution < 1.29 is 9.90 Å². The van der Waals surface area contributed by atoms with E-state index < -0.39 is 0 Å². The van der Waals surface area contributed by atoms with Gasteiger partial charge in [0.1, 0.15) is 0 Å². The SMILES string of the molecule is Cc1cc(C(=O)N2C[C@@H](CN(C)CCN(C)C)[C@@H](CO)C2)cnc1C. The lowest BCUT2D eigenvalue weighted by Gasteiger charge is -2.25. The van der Waals surface area contributed by atoms with Crippen molar-refractivity contribution in [2.24, 2.45) is 11.8 Å². The van der Waals surface area contributed by atoms with Gasteiger partial charge in [0.05, 0.1) is 5.56 Å². The molecular weight excluding hydrogens is 316 g/mol. The summed E-state index contributed by atoms with van der Waals surface area (Å²) in [5.41, 5.74) is 2.62. The van der Waals surface area contributed by atoms with Crippen LogP contribution in [-0.4, -0.2) is 91.2 Å². The van der Waals surface area contributed by atoms with Gasteiger partial charge >= 0.3 is 0 Å². The average molecular weight is 348 g/mol. The molecule has 0 radical (unpaired) electrons. The van der Waals surface area contributed by atoms with Gasteiger partial charge in [-0.05, 0) is 52.5 Å². The van der Waals surface area contributed by atoms with E-state index in [0.717, 1.165) is 30.9 Å². The number of amides is 1. The Labute approximate surface area is 151 Å². The number of carbonyl (C=O) groups is 1. The summed E-state index contributed by atoms with van der Waals surface area (Å²) in [6.07, 6.45) is 1.66. The van der Waals surface area contributed by atoms with Crippen molar-refractivity contribution in [2.45, 2.75) is 13.8 Å². The highest BCUT2D eigenvalue weighted by atomic mass is 16.3. The van der Waals surface area contributed by atoms with Gasteiger partial charge in [-0.25, -0.2) is 0 Å². The van der Waals surface area contributed by atoms with Crippen LogP contribution in [0.2, 0.25) is 0 Å². The molecule has 25 heavy (non-hydrogen) atoms. The first-order valence-electron chi connectivity index (χ1n) is 8.98. The summed E-state index contributed by atoms with van der Waals surface area (Å²) in [6, 6.07) is 1.91. The van der Waals surface area contributed by atoms with Crippen molar-refractivity contribution in [3.63, 3.8) is 0 Å². The first-order chi connectivity index (χ1) is 11.8. The second-order valence-electron chi connectivity index (χ2n) is 7.60. The number of aliphatic hydroxyl groups excluding tert-OH is 1. The van der Waals surface area contributed by atoms with Crippen LogP contribution in [0.15, 0.2) is 12.3 Å². The van der Waals surface area contributed by atoms with Crippen LogP contribution in [0, 0.1) is 25.7 Å². The molecule has 1 amide bonds. The van der Waals surface area contributed by atoms with Crippen LogP contribution in [0.4, 0.5) is 0 Å². The van der Waals surface area contributed by atoms with E-state index in [0.29, 0.717) is 24.6 Å². The number of nitrogens with zero attached hydrogens (tertiary/aromatic N) is 4. The number of carbonyl (C=O) groups excluding carboxylic acids is 1. The van der Waals surface area contributed by atoms with E-state index in [4.69, 9.17) is 0 Å². The van der Waals surface area contributed by atoms with E-state index in [1.165, 1.54) is 0 Å². The fourth-order valence-corrected chi connectivity index (χ4v) is 3.32. The third kappa shape index (κ3) is 5.23. The van der Waals surface area contributed by atoms with Crippen LogP contribution < -0.4 is 0 Å². The monoisotopic (exact) mass is 348 g/mol. The number of hydrogen-bond donors (Lipinski definition) is 1. The molecule has 0 bridgehead atoms. The molecule has 1 fully saturated rings. The van der Waals surface area contributed by atoms with Crippen LogP contribution in [0.5, 0.6) is 0 Å². The summed E-state index contributed by atoms with van der Waals surface area (Å²) in [5.74, 6) is 0.471. The van der Waals surface area contributed by atoms with Gasteiger partial charge in [0.2, 0.25) is 0 Å². The fourth-order valence-electron chi connectivity index (χ4n) is 3.32. The molecule has 140 valence electrons. The molecule has 2 atom stereocenters. The number of aryl methyl sites for hydroxylation is 2. The number of likely N-dealkylation sites (N-methyl/N-ethyl adjacent to an activating group) is 2. The molecule has 1 saturated heterocycles. The van der Waals surface area contributed by atoms with Crippen molar-refractivity contribution >= 4 is 5.91 Å². The lowest BCUT2D eigenvalue weighted by molar-refractivity contribution is 0.0778. The Kier molecular flexibility index (Phi) is 6.93. The Bertz CT molecular complexity index is 591. The molecule has 0 saturated carbocycles. The molecule has 6 nitrogen and oxygen atoms in total. The van der Waals surface area contributed by atoms with E-state index in [2.05, 4.69) is 35.9 Å². The van der Waals surface area contributed by atoms with Gasteiger partial charge in [0, 0.05) is 57.1 Å². The number of likely N-dealkylation sites (tertiary alicyclic amines) is 1. The lowest BCUT2D eigenvalue weighted by atomic mass is 9.96. The molecule has 0 spiro atoms. The number of aliphatic hydroxyl groups is 1. The first kappa shape index (κ1) is 19.8. The fraction of sp³-hybridized carbons (Fsp3) is 0.684. The highest BCUT2D eigenvalue weighted by molar-refractivity contribution is 5.94. The van der Waals surface area contributed by atoms with Gasteiger partial charge in [-0.15, -0.1) is 0 Å². The molecule has 6 heteroatoms. The van der Waals surface area contributed by atoms with Crippen molar-refractivity contribution in [1.29, 1.82) is 0 Å². The maximum absolute atomic E-state index is 12.8. The minimum Gasteiger partial charge on any atom is -0.396 e. The maximum atomic E-state index is 12.8. The van der Waals surface area contributed by atoms with Crippen molar-refractivity contribution in [2.75, 3.05) is 60.5 Å². The zero-order valence-electron chi connectivity index (χ0n) is 16.2. The molecule has 1 aliphatic rings. The second kappa shape index (κ2) is 8.74. The Morgan fingerprint density at radius 1 is 1.24 bits per heavy atom. The quantitative estimate of drug-likeness (QED) is 0.792. The van der Waals surface area contributed by atoms with Gasteiger partial charge in [-0.3, -0.25) is 9.78 Å². The molecule has 1 aromatic heterocycles. The summed E-state index contributed by atoms with van der Waals surface area (Å²) in [6.45, 7) is 8.25. The topological polar surface area (TPSA) is 59.9 Å². The number of hydrogen-bond acceptors (Lipinski definition) is 5. The molecule has 2 heterocycles. The van der Waals surface area contributed by atoms with Crippen LogP contribution >= 0.6 is 0 Å². The van der Waals surface area contributed by atoms with Crippen molar-refractivity contribution in [3.8, 4) is 0 Å². The number of rotatable bonds is 7. The maximum Gasteiger partial charge on any atom is 0.255 e. The van der Waals surface area contributed by atoms with Gasteiger partial charge in [0.15, 0.2) is 0 Å². The smallest absolute Gasteiger partial charge is 0.255 e. The van der Waals surface area contributed by atoms with Gasteiger partial charge < -0.3 is 19.8 Å². The van der Waals surface area contributed by atoms with Crippen LogP contribution in [-0.2, 0) is 0 Å². The minimum absolute atomic E-state index is 0.0208. The Balaban J connectivity index is 1.99. The first-order valence-corrected chi connectivity index (χ1v) is 8.98. The van der Waals surface area contributed by atoms with E-state index >= 15 is 0 Å². The van der Waals surface area contributed by atoms with E-state index in [-0.39, 0.29) is 18.4 Å². The Morgan fingerprint density at radius 2 is 1.92 bits per heavy atom. The second-order valence-corrected chi connectivity index (χ2v) is 7.60. The number of aromatic nitrogens is 1. The van der Waals surface area contributed by atoms with Crippen molar-refractivity contribution in [3.05, 3.63) is 29.1 Å². The normalized spacial score (nSPS) is 20.7. The van der Waals surface area contributed by atoms with Crippen LogP contribution in [0.25, 0.3) is 0 Å². The lowest BCUT2D eigenvalue weighted by Crippen LogP contribution is -2.35. The molecule has 0 unspecified atom stereocenters. The van der Waals surface area contributed by atoms with Crippen molar-refractivity contribution in [1.82, 2.24) is 19.7 Å². The van der Waals surface area contributed by atoms with Crippen LogP contribution in [0.1, 0.15) is 21.6 Å². The molecule has 1 N–H and O–H groups in total. The minimum atomic E-state index is 0.0208. The average Bonchev–Trinajstić information content (AvgIpc) is 2.97. The van der Waals surface area contributed by atoms with Gasteiger partial charge in [-0.1, -0.05) is 0 Å². The molecule has 1 aliphatic heterocycles. The third-order valence-corrected chi connectivity index (χ3v) is 5.16. The highest BCUT2D eigenvalue weighted by Gasteiger charge is 2.35. The molecule has 0 aromatic carbocycles. The Morgan fingerprint density at radius 3 is 2.52 bits per heavy atom. The summed E-state index contributed by atoms with van der Waals surface area (Å²) >= 11 is 0. The zero-order valence-corrected chi connectivity index (χ0v) is 16.2. The van der Waals surface area contributed by atoms with E-state index in [1.54, 1.807) is 6.20 Å². The largest absolute Gasteiger partial charge is 0.396 e. The van der Waals surface area contributed by atoms with Gasteiger partial charge in [0.25, 0.3) is 5.91 Å². The standard InChI is InChI=1S/C19H32N4O2/c1-14-8-16(9-20-15(14)2)19(25)23-11-17(18(12-23)13-24)10-22(5)7-6-21(3)4/h8-9,17-18,24H,6-7,10-13H2,1-5H3/t17-,18-/m1/s1. The summed E-state index contributed by atoms with van der Waals surface area (Å²) < 4.78 is 0. The summed E-state index contributed by atoms with van der Waals surface area (Å²) in [4.78, 5) is 23.4. The summed E-state index contributed by atoms with van der Waals surface area (Å²) in [5, 5.41) is 9.74. The summed E-state index contributed by atoms with van der Waals surface area (Å²) in [7, 11) is 6.24. The highest BCUT2D eigenvalue weighted by Crippen LogP contribution is 2.25. The predicted molar refractivity (Wildman–Crippen MR) is 99.7 cm³/mol. The van der Waals surface area contributed by atoms with Crippen LogP contribution in [0.3, 0.4) is 0 Å². The Hall–Kier alpha value is -1.50. The van der Waals surface area contributed by atoms with Gasteiger partial charge in [-0.2, -0.15) is 0 Å². The number of pyridine rings is 1.